The summed E-state index contributed by atoms with van der Waals surface area (Å²) in [6.45, 7) is 0.298. The lowest BCUT2D eigenvalue weighted by atomic mass is 10.1. The topological polar surface area (TPSA) is 147 Å². The predicted molar refractivity (Wildman–Crippen MR) is 137 cm³/mol. The summed E-state index contributed by atoms with van der Waals surface area (Å²) in [7, 11) is 0. The van der Waals surface area contributed by atoms with Gasteiger partial charge in [0.2, 0.25) is 0 Å². The quantitative estimate of drug-likeness (QED) is 0.257. The number of aliphatic hydroxyl groups excluding tert-OH is 1. The molecule has 0 amide bonds. The molecule has 0 saturated heterocycles. The number of pyridine rings is 1. The monoisotopic (exact) mass is 588 g/mol. The fourth-order valence-corrected chi connectivity index (χ4v) is 4.06. The molecule has 41 heavy (non-hydrogen) atoms. The number of ketones is 1. The van der Waals surface area contributed by atoms with Gasteiger partial charge in [0.05, 0.1) is 24.3 Å². The molecule has 212 valence electrons. The van der Waals surface area contributed by atoms with E-state index in [2.05, 4.69) is 25.3 Å². The van der Waals surface area contributed by atoms with Crippen molar-refractivity contribution in [2.45, 2.75) is 38.7 Å². The number of alkyl halides is 3. The molecule has 0 fully saturated rings. The number of halogens is 4. The van der Waals surface area contributed by atoms with Crippen LogP contribution in [-0.4, -0.2) is 62.4 Å². The Bertz CT molecular complexity index is 1760. The summed E-state index contributed by atoms with van der Waals surface area (Å²) < 4.78 is 47.3. The Morgan fingerprint density at radius 2 is 1.90 bits per heavy atom. The first-order valence-electron chi connectivity index (χ1n) is 12.0. The first-order chi connectivity index (χ1) is 19.5. The number of carbonyl (C=O) groups excluding carboxylic acids is 1. The Morgan fingerprint density at radius 1 is 1.15 bits per heavy atom. The maximum atomic E-state index is 13.1. The van der Waals surface area contributed by atoms with Gasteiger partial charge in [-0.2, -0.15) is 13.2 Å². The van der Waals surface area contributed by atoms with Crippen LogP contribution >= 0.6 is 11.6 Å². The minimum Gasteiger partial charge on any atom is -0.382 e. The molecule has 12 nitrogen and oxygen atoms in total. The van der Waals surface area contributed by atoms with Crippen LogP contribution < -0.4 is 5.69 Å². The maximum absolute atomic E-state index is 13.1. The van der Waals surface area contributed by atoms with Crippen molar-refractivity contribution in [3.63, 3.8) is 0 Å². The second-order valence-electron chi connectivity index (χ2n) is 8.94. The largest absolute Gasteiger partial charge is 0.416 e. The van der Waals surface area contributed by atoms with Crippen molar-refractivity contribution in [2.75, 3.05) is 0 Å². The molecule has 0 unspecified atom stereocenters. The van der Waals surface area contributed by atoms with Crippen LogP contribution in [-0.2, 0) is 19.5 Å². The van der Waals surface area contributed by atoms with Crippen molar-refractivity contribution in [2.24, 2.45) is 0 Å². The second-order valence-corrected chi connectivity index (χ2v) is 9.37. The third kappa shape index (κ3) is 6.10. The van der Waals surface area contributed by atoms with E-state index in [4.69, 9.17) is 16.1 Å². The van der Waals surface area contributed by atoms with Crippen molar-refractivity contribution in [1.82, 2.24) is 39.3 Å². The molecule has 0 aliphatic carbocycles. The Labute approximate surface area is 233 Å². The number of nitrogens with zero attached hydrogens (tertiary/aromatic N) is 8. The van der Waals surface area contributed by atoms with Crippen molar-refractivity contribution in [1.29, 1.82) is 0 Å². The Kier molecular flexibility index (Phi) is 7.55. The lowest BCUT2D eigenvalue weighted by molar-refractivity contribution is -0.207. The number of hydrogen-bond acceptors (Lipinski definition) is 9. The molecule has 0 aliphatic heterocycles. The maximum Gasteiger partial charge on any atom is 0.416 e. The molecule has 5 aromatic rings. The van der Waals surface area contributed by atoms with Gasteiger partial charge in [0.25, 0.3) is 0 Å². The number of Topliss-reactive ketones (excluding diaryl/α,β-unsaturated/α-hetero) is 1. The fraction of sp³-hybridized carbons (Fsp3) is 0.240. The van der Waals surface area contributed by atoms with Gasteiger partial charge in [-0.1, -0.05) is 16.8 Å². The highest BCUT2D eigenvalue weighted by Gasteiger charge is 2.39. The molecule has 0 spiro atoms. The van der Waals surface area contributed by atoms with E-state index in [9.17, 15) is 27.9 Å². The molecule has 0 saturated carbocycles. The summed E-state index contributed by atoms with van der Waals surface area (Å²) in [6, 6.07) is 10.8. The van der Waals surface area contributed by atoms with Crippen LogP contribution in [0, 0.1) is 6.92 Å². The van der Waals surface area contributed by atoms with Gasteiger partial charge in [-0.15, -0.1) is 10.2 Å². The normalized spacial score (nSPS) is 12.5. The minimum atomic E-state index is -4.95. The van der Waals surface area contributed by atoms with E-state index in [1.54, 1.807) is 19.1 Å². The highest BCUT2D eigenvalue weighted by molar-refractivity contribution is 6.30. The van der Waals surface area contributed by atoms with Crippen LogP contribution in [0.4, 0.5) is 13.2 Å². The van der Waals surface area contributed by atoms with Crippen LogP contribution in [0.3, 0.4) is 0 Å². The zero-order chi connectivity index (χ0) is 29.3. The predicted octanol–water partition coefficient (Wildman–Crippen LogP) is 3.03. The molecule has 1 N–H and O–H groups in total. The van der Waals surface area contributed by atoms with Crippen LogP contribution in [0.25, 0.3) is 17.1 Å². The van der Waals surface area contributed by atoms with Crippen LogP contribution in [0.1, 0.15) is 27.8 Å². The molecule has 1 aromatic carbocycles. The molecule has 4 heterocycles. The number of rotatable bonds is 9. The zero-order valence-corrected chi connectivity index (χ0v) is 21.9. The van der Waals surface area contributed by atoms with Crippen LogP contribution in [0.2, 0.25) is 5.02 Å². The number of aryl methyl sites for hydroxylation is 1. The van der Waals surface area contributed by atoms with E-state index in [0.717, 1.165) is 9.25 Å². The first-order valence-corrected chi connectivity index (χ1v) is 12.4. The number of aliphatic hydroxyl groups is 1. The molecule has 16 heteroatoms. The molecule has 0 radical (unpaired) electrons. The van der Waals surface area contributed by atoms with Crippen molar-refractivity contribution >= 4 is 17.4 Å². The van der Waals surface area contributed by atoms with Gasteiger partial charge in [-0.05, 0) is 43.3 Å². The fourth-order valence-electron chi connectivity index (χ4n) is 3.93. The highest BCUT2D eigenvalue weighted by atomic mass is 35.5. The summed E-state index contributed by atoms with van der Waals surface area (Å²) in [5, 5.41) is 22.3. The summed E-state index contributed by atoms with van der Waals surface area (Å²) in [5.41, 5.74) is 0.366. The van der Waals surface area contributed by atoms with E-state index < -0.39 is 24.5 Å². The van der Waals surface area contributed by atoms with Gasteiger partial charge in [-0.25, -0.2) is 19.1 Å². The number of benzene rings is 1. The van der Waals surface area contributed by atoms with Crippen molar-refractivity contribution in [3.8, 4) is 17.1 Å². The first kappa shape index (κ1) is 27.9. The van der Waals surface area contributed by atoms with Gasteiger partial charge in [-0.3, -0.25) is 14.3 Å². The Hall–Kier alpha value is -4.63. The zero-order valence-electron chi connectivity index (χ0n) is 21.2. The molecule has 0 bridgehead atoms. The third-order valence-electron chi connectivity index (χ3n) is 5.94. The average Bonchev–Trinajstić information content (AvgIpc) is 3.65. The van der Waals surface area contributed by atoms with Crippen molar-refractivity contribution in [3.05, 3.63) is 93.5 Å². The summed E-state index contributed by atoms with van der Waals surface area (Å²) in [6.07, 6.45) is -5.00. The van der Waals surface area contributed by atoms with E-state index >= 15 is 0 Å². The van der Waals surface area contributed by atoms with Crippen LogP contribution in [0.15, 0.2) is 64.3 Å². The van der Waals surface area contributed by atoms with E-state index in [1.807, 2.05) is 0 Å². The highest BCUT2D eigenvalue weighted by Crippen LogP contribution is 2.24. The summed E-state index contributed by atoms with van der Waals surface area (Å²) >= 11 is 5.92. The number of aromatic nitrogens is 8. The third-order valence-corrected chi connectivity index (χ3v) is 6.20. The van der Waals surface area contributed by atoms with Crippen molar-refractivity contribution < 1.29 is 27.6 Å². The van der Waals surface area contributed by atoms with E-state index in [1.165, 1.54) is 47.5 Å². The SMILES string of the molecule is Cc1cc(C(=O)Cc2ncccc2-n2cnc(Cn3nc(-c4ccc(Cl)cc4)n(C[C@H](O)C(F)(F)F)c3=O)n2)no1. The van der Waals surface area contributed by atoms with Gasteiger partial charge < -0.3 is 9.63 Å². The molecule has 1 atom stereocenters. The van der Waals surface area contributed by atoms with E-state index in [0.29, 0.717) is 27.7 Å². The minimum absolute atomic E-state index is 0.101. The van der Waals surface area contributed by atoms with Gasteiger partial charge in [0.1, 0.15) is 24.3 Å². The second kappa shape index (κ2) is 11.1. The smallest absolute Gasteiger partial charge is 0.382 e. The van der Waals surface area contributed by atoms with E-state index in [-0.39, 0.29) is 36.1 Å². The number of carbonyl (C=O) groups is 1. The molecule has 5 rings (SSSR count). The lowest BCUT2D eigenvalue weighted by Gasteiger charge is -2.15. The Balaban J connectivity index is 1.44. The van der Waals surface area contributed by atoms with Crippen LogP contribution in [0.5, 0.6) is 0 Å². The molecule has 0 aliphatic rings. The Morgan fingerprint density at radius 3 is 2.59 bits per heavy atom. The number of hydrogen-bond donors (Lipinski definition) is 1. The lowest BCUT2D eigenvalue weighted by Crippen LogP contribution is -2.37. The molecular weight excluding hydrogens is 569 g/mol. The standard InChI is InChI=1S/C25H20ClF3N8O4/c1-14-9-18(34-41-14)20(38)10-17-19(3-2-8-30-17)37-13-31-22(32-37)12-36-24(40)35(11-21(39)25(27,28)29)23(33-36)15-4-6-16(26)7-5-15/h2-9,13,21,39H,10-12H2,1H3/t21-/m0/s1. The summed E-state index contributed by atoms with van der Waals surface area (Å²) in [4.78, 5) is 34.2. The molecular formula is C25H20ClF3N8O4. The molecule has 4 aromatic heterocycles. The average molecular weight is 589 g/mol. The summed E-state index contributed by atoms with van der Waals surface area (Å²) in [5.74, 6) is 0.157. The van der Waals surface area contributed by atoms with Gasteiger partial charge in [0.15, 0.2) is 23.5 Å². The van der Waals surface area contributed by atoms with Gasteiger partial charge >= 0.3 is 11.9 Å². The van der Waals surface area contributed by atoms with Gasteiger partial charge in [0, 0.05) is 22.8 Å².